The Hall–Kier alpha value is -2.10. The van der Waals surface area contributed by atoms with Gasteiger partial charge in [0.25, 0.3) is 0 Å². The largest absolute Gasteiger partial charge is 0.508 e. The molecule has 2 rings (SSSR count). The number of ether oxygens (including phenoxy) is 1. The van der Waals surface area contributed by atoms with Crippen LogP contribution in [0, 0.1) is 12.7 Å². The van der Waals surface area contributed by atoms with E-state index >= 15 is 0 Å². The average Bonchev–Trinajstić information content (AvgIpc) is 2.34. The van der Waals surface area contributed by atoms with Crippen LogP contribution in [0.4, 0.5) is 4.39 Å². The fraction of sp³-hybridized carbons (Fsp3) is 0.154. The zero-order valence-electron chi connectivity index (χ0n) is 9.57. The highest BCUT2D eigenvalue weighted by Crippen LogP contribution is 2.30. The third kappa shape index (κ3) is 2.20. The topological polar surface area (TPSA) is 42.4 Å². The summed E-state index contributed by atoms with van der Waals surface area (Å²) in [5.74, 6) is 0.0905. The Morgan fingerprint density at radius 3 is 2.76 bits per heavy atom. The van der Waals surface area contributed by atoms with Crippen molar-refractivity contribution in [3.63, 3.8) is 0 Å². The summed E-state index contributed by atoms with van der Waals surface area (Å²) < 4.78 is 18.8. The molecule has 0 spiro atoms. The third-order valence-corrected chi connectivity index (χ3v) is 2.54. The second-order valence-electron chi connectivity index (χ2n) is 3.71. The molecule has 0 aliphatic rings. The van der Waals surface area contributed by atoms with E-state index in [-0.39, 0.29) is 11.6 Å². The molecule has 1 N–H and O–H groups in total. The molecular weight excluding hydrogens is 221 g/mol. The SMILES string of the molecule is COc1cc(-c2cc(O)c(C)cc2F)ccn1. The van der Waals surface area contributed by atoms with Crippen LogP contribution >= 0.6 is 0 Å². The minimum atomic E-state index is -0.381. The van der Waals surface area contributed by atoms with E-state index in [0.717, 1.165) is 0 Å². The quantitative estimate of drug-likeness (QED) is 0.867. The number of nitrogens with zero attached hydrogens (tertiary/aromatic N) is 1. The van der Waals surface area contributed by atoms with Gasteiger partial charge in [0.05, 0.1) is 7.11 Å². The van der Waals surface area contributed by atoms with Crippen LogP contribution in [0.2, 0.25) is 0 Å². The van der Waals surface area contributed by atoms with Gasteiger partial charge < -0.3 is 9.84 Å². The Labute approximate surface area is 98.5 Å². The summed E-state index contributed by atoms with van der Waals surface area (Å²) >= 11 is 0. The summed E-state index contributed by atoms with van der Waals surface area (Å²) in [5.41, 5.74) is 1.45. The maximum absolute atomic E-state index is 13.8. The predicted octanol–water partition coefficient (Wildman–Crippen LogP) is 2.91. The highest BCUT2D eigenvalue weighted by Gasteiger charge is 2.09. The first-order chi connectivity index (χ1) is 8.11. The third-order valence-electron chi connectivity index (χ3n) is 2.54. The molecule has 0 aliphatic carbocycles. The molecule has 0 aliphatic heterocycles. The second-order valence-corrected chi connectivity index (χ2v) is 3.71. The average molecular weight is 233 g/mol. The molecule has 1 heterocycles. The van der Waals surface area contributed by atoms with E-state index in [9.17, 15) is 9.50 Å². The van der Waals surface area contributed by atoms with Crippen molar-refractivity contribution in [2.45, 2.75) is 6.92 Å². The van der Waals surface area contributed by atoms with E-state index in [0.29, 0.717) is 22.6 Å². The lowest BCUT2D eigenvalue weighted by Crippen LogP contribution is -1.90. The van der Waals surface area contributed by atoms with Crippen molar-refractivity contribution >= 4 is 0 Å². The number of hydrogen-bond acceptors (Lipinski definition) is 3. The van der Waals surface area contributed by atoms with Gasteiger partial charge in [-0.2, -0.15) is 0 Å². The molecule has 4 heteroatoms. The van der Waals surface area contributed by atoms with Gasteiger partial charge in [-0.3, -0.25) is 0 Å². The van der Waals surface area contributed by atoms with Crippen LogP contribution in [0.3, 0.4) is 0 Å². The number of phenolic OH excluding ortho intramolecular Hbond substituents is 1. The number of aromatic nitrogens is 1. The van der Waals surface area contributed by atoms with Crippen molar-refractivity contribution in [2.75, 3.05) is 7.11 Å². The van der Waals surface area contributed by atoms with Crippen molar-refractivity contribution < 1.29 is 14.2 Å². The van der Waals surface area contributed by atoms with Gasteiger partial charge in [-0.25, -0.2) is 9.37 Å². The first kappa shape index (κ1) is 11.4. The van der Waals surface area contributed by atoms with Crippen molar-refractivity contribution in [1.29, 1.82) is 0 Å². The van der Waals surface area contributed by atoms with Crippen LogP contribution in [-0.4, -0.2) is 17.2 Å². The van der Waals surface area contributed by atoms with Crippen molar-refractivity contribution in [3.05, 3.63) is 41.8 Å². The molecule has 0 saturated heterocycles. The summed E-state index contributed by atoms with van der Waals surface area (Å²) in [4.78, 5) is 3.95. The molecule has 0 unspecified atom stereocenters. The molecule has 2 aromatic rings. The zero-order valence-corrected chi connectivity index (χ0v) is 9.57. The van der Waals surface area contributed by atoms with Gasteiger partial charge in [-0.05, 0) is 36.2 Å². The van der Waals surface area contributed by atoms with Gasteiger partial charge in [0.15, 0.2) is 0 Å². The molecule has 0 amide bonds. The molecule has 0 bridgehead atoms. The summed E-state index contributed by atoms with van der Waals surface area (Å²) in [7, 11) is 1.50. The fourth-order valence-electron chi connectivity index (χ4n) is 1.57. The predicted molar refractivity (Wildman–Crippen MR) is 62.6 cm³/mol. The number of benzene rings is 1. The van der Waals surface area contributed by atoms with Gasteiger partial charge in [-0.15, -0.1) is 0 Å². The standard InChI is InChI=1S/C13H12FNO2/c1-8-5-11(14)10(7-12(8)16)9-3-4-15-13(6-9)17-2/h3-7,16H,1-2H3. The maximum Gasteiger partial charge on any atom is 0.213 e. The van der Waals surface area contributed by atoms with Gasteiger partial charge in [0.2, 0.25) is 5.88 Å². The molecule has 0 fully saturated rings. The Bertz CT molecular complexity index is 555. The smallest absolute Gasteiger partial charge is 0.213 e. The first-order valence-electron chi connectivity index (χ1n) is 5.11. The van der Waals surface area contributed by atoms with E-state index < -0.39 is 0 Å². The minimum Gasteiger partial charge on any atom is -0.508 e. The summed E-state index contributed by atoms with van der Waals surface area (Å²) in [6.07, 6.45) is 1.53. The molecular formula is C13H12FNO2. The number of hydrogen-bond donors (Lipinski definition) is 1. The molecule has 1 aromatic carbocycles. The number of aryl methyl sites for hydroxylation is 1. The van der Waals surface area contributed by atoms with E-state index in [1.807, 2.05) is 0 Å². The number of methoxy groups -OCH3 is 1. The van der Waals surface area contributed by atoms with E-state index in [1.165, 1.54) is 25.4 Å². The minimum absolute atomic E-state index is 0.0668. The fourth-order valence-corrected chi connectivity index (χ4v) is 1.57. The lowest BCUT2D eigenvalue weighted by molar-refractivity contribution is 0.398. The lowest BCUT2D eigenvalue weighted by atomic mass is 10.0. The van der Waals surface area contributed by atoms with Crippen LogP contribution in [0.25, 0.3) is 11.1 Å². The number of phenols is 1. The summed E-state index contributed by atoms with van der Waals surface area (Å²) in [6.45, 7) is 1.65. The van der Waals surface area contributed by atoms with Crippen molar-refractivity contribution in [2.24, 2.45) is 0 Å². The van der Waals surface area contributed by atoms with Crippen LogP contribution in [0.1, 0.15) is 5.56 Å². The van der Waals surface area contributed by atoms with Gasteiger partial charge in [0, 0.05) is 17.8 Å². The summed E-state index contributed by atoms with van der Waals surface area (Å²) in [5, 5.41) is 9.60. The zero-order chi connectivity index (χ0) is 12.4. The molecule has 3 nitrogen and oxygen atoms in total. The van der Waals surface area contributed by atoms with Crippen molar-refractivity contribution in [1.82, 2.24) is 4.98 Å². The van der Waals surface area contributed by atoms with Crippen LogP contribution in [0.5, 0.6) is 11.6 Å². The van der Waals surface area contributed by atoms with Crippen LogP contribution in [0.15, 0.2) is 30.5 Å². The van der Waals surface area contributed by atoms with E-state index in [4.69, 9.17) is 4.74 Å². The molecule has 1 aromatic heterocycles. The Balaban J connectivity index is 2.56. The normalized spacial score (nSPS) is 10.3. The number of pyridine rings is 1. The molecule has 0 atom stereocenters. The van der Waals surface area contributed by atoms with Gasteiger partial charge in [0.1, 0.15) is 11.6 Å². The second kappa shape index (κ2) is 4.41. The molecule has 17 heavy (non-hydrogen) atoms. The highest BCUT2D eigenvalue weighted by atomic mass is 19.1. The number of aromatic hydroxyl groups is 1. The number of halogens is 1. The molecule has 0 saturated carbocycles. The number of rotatable bonds is 2. The van der Waals surface area contributed by atoms with Gasteiger partial charge in [-0.1, -0.05) is 0 Å². The highest BCUT2D eigenvalue weighted by molar-refractivity contribution is 5.67. The Morgan fingerprint density at radius 1 is 1.29 bits per heavy atom. The van der Waals surface area contributed by atoms with Crippen LogP contribution in [-0.2, 0) is 0 Å². The Morgan fingerprint density at radius 2 is 2.06 bits per heavy atom. The molecule has 88 valence electrons. The monoisotopic (exact) mass is 233 g/mol. The van der Waals surface area contributed by atoms with E-state index in [1.54, 1.807) is 19.1 Å². The Kier molecular flexibility index (Phi) is 2.95. The first-order valence-corrected chi connectivity index (χ1v) is 5.11. The van der Waals surface area contributed by atoms with E-state index in [2.05, 4.69) is 4.98 Å². The van der Waals surface area contributed by atoms with Crippen molar-refractivity contribution in [3.8, 4) is 22.8 Å². The maximum atomic E-state index is 13.8. The molecule has 0 radical (unpaired) electrons. The van der Waals surface area contributed by atoms with Gasteiger partial charge >= 0.3 is 0 Å². The van der Waals surface area contributed by atoms with Crippen LogP contribution < -0.4 is 4.74 Å². The lowest BCUT2D eigenvalue weighted by Gasteiger charge is -2.07. The summed E-state index contributed by atoms with van der Waals surface area (Å²) in [6, 6.07) is 5.99.